The lowest BCUT2D eigenvalue weighted by Crippen LogP contribution is -2.77. The molecule has 0 N–H and O–H groups in total. The van der Waals surface area contributed by atoms with E-state index in [9.17, 15) is 4.79 Å². The second-order valence-electron chi connectivity index (χ2n) is 9.39. The second-order valence-corrected chi connectivity index (χ2v) is 9.39. The number of hydrogen-bond acceptors (Lipinski definition) is 5. The number of rotatable bonds is 3. The summed E-state index contributed by atoms with van der Waals surface area (Å²) in [5.74, 6) is -0.782. The van der Waals surface area contributed by atoms with Crippen LogP contribution in [0.25, 0.3) is 0 Å². The summed E-state index contributed by atoms with van der Waals surface area (Å²) in [7, 11) is 1.61. The van der Waals surface area contributed by atoms with E-state index < -0.39 is 28.2 Å². The highest BCUT2D eigenvalue weighted by molar-refractivity contribution is 6.02. The summed E-state index contributed by atoms with van der Waals surface area (Å²) in [5, 5.41) is 0. The van der Waals surface area contributed by atoms with Gasteiger partial charge in [-0.15, -0.1) is 0 Å². The van der Waals surface area contributed by atoms with Crippen LogP contribution in [-0.2, 0) is 23.7 Å². The summed E-state index contributed by atoms with van der Waals surface area (Å²) in [6, 6.07) is 0. The van der Waals surface area contributed by atoms with Gasteiger partial charge in [0, 0.05) is 19.4 Å². The number of carbonyl (C=O) groups excluding carboxylic acids is 1. The Bertz CT molecular complexity index is 729. The molecule has 144 valence electrons. The van der Waals surface area contributed by atoms with Gasteiger partial charge in [0.15, 0.2) is 11.4 Å². The van der Waals surface area contributed by atoms with E-state index in [1.165, 1.54) is 0 Å². The monoisotopic (exact) mass is 362 g/mol. The average molecular weight is 362 g/mol. The molecule has 1 saturated carbocycles. The molecule has 2 saturated heterocycles. The zero-order valence-corrected chi connectivity index (χ0v) is 16.9. The Labute approximate surface area is 155 Å². The molecule has 3 aliphatic carbocycles. The predicted molar refractivity (Wildman–Crippen MR) is 96.7 cm³/mol. The normalized spacial score (nSPS) is 44.5. The number of Topliss-reactive ketones (excluding diaryl/α,β-unsaturated/α-hetero) is 1. The lowest BCUT2D eigenvalue weighted by Gasteiger charge is -2.62. The van der Waals surface area contributed by atoms with Crippen LogP contribution in [0.5, 0.6) is 0 Å². The summed E-state index contributed by atoms with van der Waals surface area (Å²) >= 11 is 0. The maximum absolute atomic E-state index is 13.8. The van der Waals surface area contributed by atoms with Gasteiger partial charge in [-0.1, -0.05) is 11.6 Å². The minimum Gasteiger partial charge on any atom is -0.366 e. The molecule has 1 spiro atoms. The van der Waals surface area contributed by atoms with Crippen molar-refractivity contribution in [3.63, 3.8) is 0 Å². The number of ether oxygens (including phenoxy) is 4. The molecule has 2 heterocycles. The molecule has 5 heteroatoms. The minimum absolute atomic E-state index is 0.0152. The van der Waals surface area contributed by atoms with Gasteiger partial charge in [-0.25, -0.2) is 0 Å². The number of carbonyl (C=O) groups is 1. The Kier molecular flexibility index (Phi) is 3.58. The molecule has 4 bridgehead atoms. The van der Waals surface area contributed by atoms with Crippen molar-refractivity contribution in [3.05, 3.63) is 23.3 Å². The van der Waals surface area contributed by atoms with Gasteiger partial charge in [0.25, 0.3) is 0 Å². The second kappa shape index (κ2) is 5.07. The summed E-state index contributed by atoms with van der Waals surface area (Å²) in [6.45, 7) is 12.5. The maximum atomic E-state index is 13.8. The molecule has 0 amide bonds. The van der Waals surface area contributed by atoms with Gasteiger partial charge in [-0.2, -0.15) is 0 Å². The average Bonchev–Trinajstić information content (AvgIpc) is 2.69. The van der Waals surface area contributed by atoms with E-state index in [-0.39, 0.29) is 11.7 Å². The van der Waals surface area contributed by atoms with Gasteiger partial charge in [0.2, 0.25) is 5.78 Å². The Morgan fingerprint density at radius 2 is 1.96 bits per heavy atom. The molecule has 0 aromatic rings. The molecule has 0 aromatic heterocycles. The molecule has 2 aliphatic heterocycles. The number of hydrogen-bond donors (Lipinski definition) is 0. The van der Waals surface area contributed by atoms with E-state index in [0.717, 1.165) is 11.1 Å². The first-order chi connectivity index (χ1) is 11.9. The van der Waals surface area contributed by atoms with Gasteiger partial charge in [0.05, 0.1) is 12.2 Å². The van der Waals surface area contributed by atoms with E-state index in [0.29, 0.717) is 19.4 Å². The SMILES string of the molecule is CO[C@@]12C=C3COC(C)(C)O[C@@]34[C@@H](C1)C(C)(C)O[C@]4(CC=C(C)C)C2=O. The van der Waals surface area contributed by atoms with Crippen molar-refractivity contribution in [2.24, 2.45) is 5.92 Å². The first-order valence-electron chi connectivity index (χ1n) is 9.45. The molecule has 0 aromatic carbocycles. The van der Waals surface area contributed by atoms with Crippen LogP contribution < -0.4 is 0 Å². The van der Waals surface area contributed by atoms with Crippen LogP contribution in [0.2, 0.25) is 0 Å². The van der Waals surface area contributed by atoms with Crippen LogP contribution in [0, 0.1) is 5.92 Å². The fraction of sp³-hybridized carbons (Fsp3) is 0.762. The van der Waals surface area contributed by atoms with Gasteiger partial charge in [-0.3, -0.25) is 4.79 Å². The third-order valence-corrected chi connectivity index (χ3v) is 6.65. The van der Waals surface area contributed by atoms with Crippen LogP contribution in [-0.4, -0.2) is 47.7 Å². The van der Waals surface area contributed by atoms with Gasteiger partial charge in [-0.05, 0) is 59.6 Å². The fourth-order valence-electron chi connectivity index (χ4n) is 5.61. The topological polar surface area (TPSA) is 54.0 Å². The van der Waals surface area contributed by atoms with Crippen molar-refractivity contribution in [2.45, 2.75) is 82.6 Å². The van der Waals surface area contributed by atoms with Crippen molar-refractivity contribution in [1.82, 2.24) is 0 Å². The lowest BCUT2D eigenvalue weighted by atomic mass is 9.50. The van der Waals surface area contributed by atoms with Crippen molar-refractivity contribution >= 4 is 5.78 Å². The van der Waals surface area contributed by atoms with Gasteiger partial charge in [0.1, 0.15) is 11.2 Å². The van der Waals surface area contributed by atoms with Crippen LogP contribution >= 0.6 is 0 Å². The first kappa shape index (κ1) is 18.4. The third-order valence-electron chi connectivity index (χ3n) is 6.65. The Morgan fingerprint density at radius 3 is 2.58 bits per heavy atom. The van der Waals surface area contributed by atoms with E-state index in [2.05, 4.69) is 19.9 Å². The van der Waals surface area contributed by atoms with Crippen LogP contribution in [0.4, 0.5) is 0 Å². The molecule has 3 fully saturated rings. The van der Waals surface area contributed by atoms with Crippen LogP contribution in [0.15, 0.2) is 23.3 Å². The van der Waals surface area contributed by atoms with E-state index in [1.54, 1.807) is 7.11 Å². The van der Waals surface area contributed by atoms with E-state index in [1.807, 2.05) is 33.8 Å². The minimum atomic E-state index is -1.09. The smallest absolute Gasteiger partial charge is 0.203 e. The van der Waals surface area contributed by atoms with Crippen LogP contribution in [0.1, 0.15) is 54.4 Å². The molecule has 4 atom stereocenters. The molecule has 5 rings (SSSR count). The zero-order chi connectivity index (χ0) is 19.2. The molecular weight excluding hydrogens is 332 g/mol. The highest BCUT2D eigenvalue weighted by Crippen LogP contribution is 2.68. The highest BCUT2D eigenvalue weighted by Gasteiger charge is 2.83. The summed E-state index contributed by atoms with van der Waals surface area (Å²) in [6.07, 6.45) is 5.09. The standard InChI is InChI=1S/C21H30O5/c1-13(2)8-9-20-16(22)19(23-7)10-14-12-24-18(5,6)26-21(14,20)15(11-19)17(3,4)25-20/h8,10,15H,9,11-12H2,1-7H3/t15-,19-,20+,21+/m0/s1. The predicted octanol–water partition coefficient (Wildman–Crippen LogP) is 3.33. The molecule has 5 aliphatic rings. The lowest BCUT2D eigenvalue weighted by molar-refractivity contribution is -0.325. The van der Waals surface area contributed by atoms with Gasteiger partial charge < -0.3 is 18.9 Å². The summed E-state index contributed by atoms with van der Waals surface area (Å²) < 4.78 is 25.1. The van der Waals surface area contributed by atoms with Crippen molar-refractivity contribution in [1.29, 1.82) is 0 Å². The number of allylic oxidation sites excluding steroid dienone is 1. The van der Waals surface area contributed by atoms with E-state index >= 15 is 0 Å². The molecular formula is C21H30O5. The molecule has 0 unspecified atom stereocenters. The summed E-state index contributed by atoms with van der Waals surface area (Å²) in [5.41, 5.74) is -1.21. The fourth-order valence-corrected chi connectivity index (χ4v) is 5.61. The van der Waals surface area contributed by atoms with E-state index in [4.69, 9.17) is 18.9 Å². The third kappa shape index (κ3) is 1.98. The zero-order valence-electron chi connectivity index (χ0n) is 16.9. The van der Waals surface area contributed by atoms with Crippen molar-refractivity contribution in [2.75, 3.05) is 13.7 Å². The molecule has 0 radical (unpaired) electrons. The highest BCUT2D eigenvalue weighted by atomic mass is 16.7. The molecule has 26 heavy (non-hydrogen) atoms. The summed E-state index contributed by atoms with van der Waals surface area (Å²) in [4.78, 5) is 13.8. The van der Waals surface area contributed by atoms with Crippen LogP contribution in [0.3, 0.4) is 0 Å². The Hall–Kier alpha value is -1.01. The van der Waals surface area contributed by atoms with Crippen molar-refractivity contribution in [3.8, 4) is 0 Å². The van der Waals surface area contributed by atoms with Gasteiger partial charge >= 0.3 is 0 Å². The number of methoxy groups -OCH3 is 1. The van der Waals surface area contributed by atoms with Crippen molar-refractivity contribution < 1.29 is 23.7 Å². The quantitative estimate of drug-likeness (QED) is 0.721. The first-order valence-corrected chi connectivity index (χ1v) is 9.45. The Balaban J connectivity index is 2.01. The largest absolute Gasteiger partial charge is 0.366 e. The number of ketones is 1. The maximum Gasteiger partial charge on any atom is 0.203 e. The Morgan fingerprint density at radius 1 is 1.27 bits per heavy atom. The molecule has 5 nitrogen and oxygen atoms in total.